The molecule has 1 unspecified atom stereocenters. The SMILES string of the molecule is CC(C)(C)[Si](C)(C)OC[C@H]1O[C@@H]2CC1Oc1nc(=O)ccn12. The molecule has 2 aliphatic heterocycles. The maximum Gasteiger partial charge on any atom is 0.302 e. The summed E-state index contributed by atoms with van der Waals surface area (Å²) in [6.07, 6.45) is 2.13. The largest absolute Gasteiger partial charge is 0.458 e. The van der Waals surface area contributed by atoms with Gasteiger partial charge in [0, 0.05) is 18.7 Å². The van der Waals surface area contributed by atoms with Crippen LogP contribution in [0.4, 0.5) is 0 Å². The van der Waals surface area contributed by atoms with Crippen LogP contribution in [-0.2, 0) is 9.16 Å². The molecule has 6 nitrogen and oxygen atoms in total. The monoisotopic (exact) mass is 324 g/mol. The maximum absolute atomic E-state index is 11.4. The van der Waals surface area contributed by atoms with Gasteiger partial charge in [0.1, 0.15) is 18.4 Å². The first-order valence-corrected chi connectivity index (χ1v) is 10.6. The third kappa shape index (κ3) is 2.73. The van der Waals surface area contributed by atoms with Gasteiger partial charge in [0.15, 0.2) is 8.32 Å². The topological polar surface area (TPSA) is 62.6 Å². The predicted molar refractivity (Wildman–Crippen MR) is 84.6 cm³/mol. The number of hydrogen-bond acceptors (Lipinski definition) is 5. The van der Waals surface area contributed by atoms with Crippen LogP contribution in [0.3, 0.4) is 0 Å². The van der Waals surface area contributed by atoms with E-state index in [2.05, 4.69) is 38.8 Å². The van der Waals surface area contributed by atoms with Gasteiger partial charge >= 0.3 is 6.01 Å². The summed E-state index contributed by atoms with van der Waals surface area (Å²) in [4.78, 5) is 15.3. The van der Waals surface area contributed by atoms with Crippen LogP contribution in [0, 0.1) is 0 Å². The molecule has 0 amide bonds. The summed E-state index contributed by atoms with van der Waals surface area (Å²) in [5.74, 6) is 0. The van der Waals surface area contributed by atoms with Gasteiger partial charge in [-0.2, -0.15) is 4.98 Å². The van der Waals surface area contributed by atoms with E-state index >= 15 is 0 Å². The molecule has 3 atom stereocenters. The van der Waals surface area contributed by atoms with Gasteiger partial charge in [-0.15, -0.1) is 0 Å². The molecule has 2 aliphatic rings. The zero-order valence-electron chi connectivity index (χ0n) is 13.8. The molecular weight excluding hydrogens is 300 g/mol. The summed E-state index contributed by atoms with van der Waals surface area (Å²) in [7, 11) is -1.81. The summed E-state index contributed by atoms with van der Waals surface area (Å²) >= 11 is 0. The quantitative estimate of drug-likeness (QED) is 0.799. The van der Waals surface area contributed by atoms with Gasteiger partial charge in [-0.05, 0) is 18.1 Å². The Morgan fingerprint density at radius 3 is 2.86 bits per heavy atom. The standard InChI is InChI=1S/C15H24N2O4Si/c1-15(2,3)22(4,5)19-9-11-10-8-13(20-11)17-7-6-12(18)16-14(17)21-10/h6-7,10-11,13H,8-9H2,1-5H3/t10?,11-,13-/m1/s1. The van der Waals surface area contributed by atoms with Crippen molar-refractivity contribution in [2.24, 2.45) is 0 Å². The van der Waals surface area contributed by atoms with Crippen molar-refractivity contribution < 1.29 is 13.9 Å². The lowest BCUT2D eigenvalue weighted by Crippen LogP contribution is -2.44. The van der Waals surface area contributed by atoms with Gasteiger partial charge in [0.2, 0.25) is 0 Å². The molecule has 1 saturated heterocycles. The number of hydrogen-bond donors (Lipinski definition) is 0. The van der Waals surface area contributed by atoms with Crippen molar-refractivity contribution in [2.75, 3.05) is 6.61 Å². The highest BCUT2D eigenvalue weighted by molar-refractivity contribution is 6.74. The Labute approximate surface area is 131 Å². The van der Waals surface area contributed by atoms with Gasteiger partial charge in [-0.1, -0.05) is 20.8 Å². The predicted octanol–water partition coefficient (Wildman–Crippen LogP) is 2.31. The average Bonchev–Trinajstić information content (AvgIpc) is 2.72. The van der Waals surface area contributed by atoms with Crippen LogP contribution in [0.2, 0.25) is 18.1 Å². The molecule has 3 rings (SSSR count). The minimum atomic E-state index is -1.81. The number of rotatable bonds is 3. The lowest BCUT2D eigenvalue weighted by Gasteiger charge is -2.37. The van der Waals surface area contributed by atoms with E-state index in [0.717, 1.165) is 6.42 Å². The number of nitrogens with zero attached hydrogens (tertiary/aromatic N) is 2. The smallest absolute Gasteiger partial charge is 0.302 e. The summed E-state index contributed by atoms with van der Waals surface area (Å²) < 4.78 is 19.9. The van der Waals surface area contributed by atoms with E-state index in [0.29, 0.717) is 12.6 Å². The number of ether oxygens (including phenoxy) is 2. The number of aromatic nitrogens is 2. The Balaban J connectivity index is 1.70. The molecule has 3 heterocycles. The molecule has 0 aliphatic carbocycles. The average molecular weight is 324 g/mol. The van der Waals surface area contributed by atoms with Crippen LogP contribution in [0.25, 0.3) is 0 Å². The molecule has 0 saturated carbocycles. The van der Waals surface area contributed by atoms with Gasteiger partial charge in [0.05, 0.1) is 6.61 Å². The summed E-state index contributed by atoms with van der Waals surface area (Å²) in [5.41, 5.74) is -0.290. The van der Waals surface area contributed by atoms with E-state index in [-0.39, 0.29) is 29.0 Å². The Morgan fingerprint density at radius 1 is 1.45 bits per heavy atom. The van der Waals surface area contributed by atoms with Crippen molar-refractivity contribution in [3.63, 3.8) is 0 Å². The van der Waals surface area contributed by atoms with Crippen LogP contribution >= 0.6 is 0 Å². The van der Waals surface area contributed by atoms with E-state index in [1.54, 1.807) is 10.8 Å². The first-order valence-electron chi connectivity index (χ1n) is 7.73. The first kappa shape index (κ1) is 15.7. The Kier molecular flexibility index (Phi) is 3.69. The Bertz CT molecular complexity index is 623. The minimum Gasteiger partial charge on any atom is -0.458 e. The molecule has 0 radical (unpaired) electrons. The fourth-order valence-electron chi connectivity index (χ4n) is 2.49. The second kappa shape index (κ2) is 5.18. The summed E-state index contributed by atoms with van der Waals surface area (Å²) in [6, 6.07) is 1.78. The van der Waals surface area contributed by atoms with Crippen molar-refractivity contribution in [3.05, 3.63) is 22.6 Å². The minimum absolute atomic E-state index is 0.0935. The fourth-order valence-corrected chi connectivity index (χ4v) is 3.50. The molecule has 0 spiro atoms. The van der Waals surface area contributed by atoms with Gasteiger partial charge in [-0.25, -0.2) is 0 Å². The first-order chi connectivity index (χ1) is 10.2. The van der Waals surface area contributed by atoms with E-state index < -0.39 is 8.32 Å². The molecule has 1 aromatic rings. The van der Waals surface area contributed by atoms with Gasteiger partial charge < -0.3 is 13.9 Å². The van der Waals surface area contributed by atoms with Crippen LogP contribution in [0.5, 0.6) is 6.01 Å². The molecule has 0 N–H and O–H groups in total. The van der Waals surface area contributed by atoms with Crippen LogP contribution < -0.4 is 10.3 Å². The molecular formula is C15H24N2O4Si. The fraction of sp³-hybridized carbons (Fsp3) is 0.733. The van der Waals surface area contributed by atoms with Crippen molar-refractivity contribution in [2.45, 2.75) is 63.8 Å². The highest BCUT2D eigenvalue weighted by Crippen LogP contribution is 2.40. The molecule has 2 bridgehead atoms. The van der Waals surface area contributed by atoms with Crippen molar-refractivity contribution in [1.82, 2.24) is 9.55 Å². The van der Waals surface area contributed by atoms with Crippen molar-refractivity contribution >= 4 is 8.32 Å². The molecule has 22 heavy (non-hydrogen) atoms. The molecule has 1 aromatic heterocycles. The van der Waals surface area contributed by atoms with Crippen LogP contribution in [-0.4, -0.2) is 36.7 Å². The third-order valence-electron chi connectivity index (χ3n) is 4.97. The maximum atomic E-state index is 11.4. The molecule has 1 fully saturated rings. The third-order valence-corrected chi connectivity index (χ3v) is 9.47. The van der Waals surface area contributed by atoms with Crippen molar-refractivity contribution in [3.8, 4) is 6.01 Å². The van der Waals surface area contributed by atoms with Gasteiger partial charge in [0.25, 0.3) is 5.56 Å². The highest BCUT2D eigenvalue weighted by Gasteiger charge is 2.45. The number of fused-ring (bicyclic) bond motifs is 4. The van der Waals surface area contributed by atoms with E-state index in [9.17, 15) is 4.79 Å². The summed E-state index contributed by atoms with van der Waals surface area (Å²) in [5, 5.41) is 0.165. The van der Waals surface area contributed by atoms with Gasteiger partial charge in [-0.3, -0.25) is 9.36 Å². The van der Waals surface area contributed by atoms with E-state index in [1.807, 2.05) is 0 Å². The second-order valence-electron chi connectivity index (χ2n) is 7.55. The Morgan fingerprint density at radius 2 is 2.18 bits per heavy atom. The van der Waals surface area contributed by atoms with E-state index in [4.69, 9.17) is 13.9 Å². The lowest BCUT2D eigenvalue weighted by molar-refractivity contribution is -0.0219. The van der Waals surface area contributed by atoms with Crippen LogP contribution in [0.15, 0.2) is 17.1 Å². The lowest BCUT2D eigenvalue weighted by atomic mass is 10.2. The molecule has 122 valence electrons. The van der Waals surface area contributed by atoms with Crippen LogP contribution in [0.1, 0.15) is 33.4 Å². The summed E-state index contributed by atoms with van der Waals surface area (Å²) in [6.45, 7) is 11.6. The second-order valence-corrected chi connectivity index (χ2v) is 12.4. The normalized spacial score (nSPS) is 27.4. The Hall–Kier alpha value is -1.18. The molecule has 0 aromatic carbocycles. The zero-order valence-corrected chi connectivity index (χ0v) is 14.8. The zero-order chi connectivity index (χ0) is 16.1. The van der Waals surface area contributed by atoms with E-state index in [1.165, 1.54) is 6.07 Å². The highest BCUT2D eigenvalue weighted by atomic mass is 28.4. The molecule has 7 heteroatoms. The van der Waals surface area contributed by atoms with Crippen molar-refractivity contribution in [1.29, 1.82) is 0 Å².